The Morgan fingerprint density at radius 1 is 0.900 bits per heavy atom. The van der Waals surface area contributed by atoms with Gasteiger partial charge in [0.15, 0.2) is 5.76 Å². The van der Waals surface area contributed by atoms with Gasteiger partial charge in [0.25, 0.3) is 11.8 Å². The zero-order chi connectivity index (χ0) is 21.6. The third-order valence-electron chi connectivity index (χ3n) is 4.36. The SMILES string of the molecule is CNS(=O)(=O)Cc1ccccc1CNC(=O)c1ccc(NC(=O)c2ccco2)cc1. The number of nitrogens with one attached hydrogen (secondary N) is 3. The van der Waals surface area contributed by atoms with Gasteiger partial charge in [0.1, 0.15) is 0 Å². The highest BCUT2D eigenvalue weighted by Gasteiger charge is 2.13. The minimum absolute atomic E-state index is 0.167. The average molecular weight is 427 g/mol. The predicted molar refractivity (Wildman–Crippen MR) is 112 cm³/mol. The first kappa shape index (κ1) is 21.3. The highest BCUT2D eigenvalue weighted by molar-refractivity contribution is 7.88. The molecule has 0 bridgehead atoms. The number of benzene rings is 2. The summed E-state index contributed by atoms with van der Waals surface area (Å²) in [6, 6.07) is 16.6. The molecule has 0 radical (unpaired) electrons. The van der Waals surface area contributed by atoms with E-state index in [4.69, 9.17) is 4.42 Å². The highest BCUT2D eigenvalue weighted by atomic mass is 32.2. The van der Waals surface area contributed by atoms with Crippen molar-refractivity contribution in [1.82, 2.24) is 10.0 Å². The van der Waals surface area contributed by atoms with E-state index in [0.717, 1.165) is 0 Å². The van der Waals surface area contributed by atoms with Gasteiger partial charge in [-0.1, -0.05) is 24.3 Å². The van der Waals surface area contributed by atoms with Gasteiger partial charge in [0.2, 0.25) is 10.0 Å². The molecule has 3 aromatic rings. The van der Waals surface area contributed by atoms with E-state index in [1.807, 2.05) is 0 Å². The van der Waals surface area contributed by atoms with Crippen LogP contribution in [0, 0.1) is 0 Å². The lowest BCUT2D eigenvalue weighted by atomic mass is 10.1. The highest BCUT2D eigenvalue weighted by Crippen LogP contribution is 2.14. The van der Waals surface area contributed by atoms with E-state index >= 15 is 0 Å². The second kappa shape index (κ2) is 9.38. The summed E-state index contributed by atoms with van der Waals surface area (Å²) in [7, 11) is -2.06. The van der Waals surface area contributed by atoms with Crippen LogP contribution in [-0.2, 0) is 22.3 Å². The number of carbonyl (C=O) groups is 2. The molecule has 0 unspecified atom stereocenters. The number of hydrogen-bond acceptors (Lipinski definition) is 5. The molecule has 0 aliphatic rings. The molecule has 8 nitrogen and oxygen atoms in total. The van der Waals surface area contributed by atoms with Crippen LogP contribution >= 0.6 is 0 Å². The van der Waals surface area contributed by atoms with E-state index < -0.39 is 10.0 Å². The van der Waals surface area contributed by atoms with E-state index in [2.05, 4.69) is 15.4 Å². The molecule has 0 saturated carbocycles. The van der Waals surface area contributed by atoms with Crippen LogP contribution in [0.5, 0.6) is 0 Å². The Hall–Kier alpha value is -3.43. The molecule has 30 heavy (non-hydrogen) atoms. The molecule has 1 heterocycles. The summed E-state index contributed by atoms with van der Waals surface area (Å²) >= 11 is 0. The van der Waals surface area contributed by atoms with Gasteiger partial charge < -0.3 is 15.1 Å². The van der Waals surface area contributed by atoms with Crippen molar-refractivity contribution >= 4 is 27.5 Å². The fraction of sp³-hybridized carbons (Fsp3) is 0.143. The first-order valence-corrected chi connectivity index (χ1v) is 10.7. The maximum atomic E-state index is 12.4. The van der Waals surface area contributed by atoms with Crippen LogP contribution in [0.1, 0.15) is 32.0 Å². The number of sulfonamides is 1. The van der Waals surface area contributed by atoms with Gasteiger partial charge in [-0.3, -0.25) is 9.59 Å². The summed E-state index contributed by atoms with van der Waals surface area (Å²) in [5.74, 6) is -0.675. The zero-order valence-electron chi connectivity index (χ0n) is 16.2. The lowest BCUT2D eigenvalue weighted by molar-refractivity contribution is 0.0950. The Morgan fingerprint density at radius 3 is 2.23 bits per heavy atom. The molecule has 0 aliphatic heterocycles. The molecule has 0 atom stereocenters. The third kappa shape index (κ3) is 5.56. The van der Waals surface area contributed by atoms with Crippen molar-refractivity contribution in [2.24, 2.45) is 0 Å². The van der Waals surface area contributed by atoms with Crippen molar-refractivity contribution < 1.29 is 22.4 Å². The number of carbonyl (C=O) groups excluding carboxylic acids is 2. The van der Waals surface area contributed by atoms with Gasteiger partial charge in [-0.25, -0.2) is 13.1 Å². The fourth-order valence-electron chi connectivity index (χ4n) is 2.73. The normalized spacial score (nSPS) is 11.1. The summed E-state index contributed by atoms with van der Waals surface area (Å²) in [4.78, 5) is 24.4. The molecule has 2 aromatic carbocycles. The molecule has 0 aliphatic carbocycles. The Morgan fingerprint density at radius 2 is 1.60 bits per heavy atom. The van der Waals surface area contributed by atoms with Gasteiger partial charge in [0, 0.05) is 17.8 Å². The number of amides is 2. The van der Waals surface area contributed by atoms with Crippen LogP contribution in [0.3, 0.4) is 0 Å². The van der Waals surface area contributed by atoms with Gasteiger partial charge in [0.05, 0.1) is 12.0 Å². The van der Waals surface area contributed by atoms with Gasteiger partial charge in [-0.05, 0) is 54.6 Å². The minimum Gasteiger partial charge on any atom is -0.459 e. The molecular weight excluding hydrogens is 406 g/mol. The zero-order valence-corrected chi connectivity index (χ0v) is 17.0. The van der Waals surface area contributed by atoms with E-state index in [1.165, 1.54) is 13.3 Å². The predicted octanol–water partition coefficient (Wildman–Crippen LogP) is 2.51. The van der Waals surface area contributed by atoms with Crippen molar-refractivity contribution in [2.75, 3.05) is 12.4 Å². The molecule has 3 N–H and O–H groups in total. The first-order valence-electron chi connectivity index (χ1n) is 9.09. The van der Waals surface area contributed by atoms with Crippen LogP contribution in [0.2, 0.25) is 0 Å². The van der Waals surface area contributed by atoms with Crippen molar-refractivity contribution in [3.05, 3.63) is 89.4 Å². The van der Waals surface area contributed by atoms with Crippen molar-refractivity contribution in [1.29, 1.82) is 0 Å². The summed E-state index contributed by atoms with van der Waals surface area (Å²) < 4.78 is 31.0. The molecule has 0 saturated heterocycles. The molecule has 1 aromatic heterocycles. The number of hydrogen-bond donors (Lipinski definition) is 3. The van der Waals surface area contributed by atoms with Crippen molar-refractivity contribution in [3.63, 3.8) is 0 Å². The molecule has 156 valence electrons. The molecule has 0 fully saturated rings. The summed E-state index contributed by atoms with van der Waals surface area (Å²) in [5, 5.41) is 5.46. The van der Waals surface area contributed by atoms with Gasteiger partial charge in [-0.15, -0.1) is 0 Å². The quantitative estimate of drug-likeness (QED) is 0.511. The molecule has 9 heteroatoms. The number of anilines is 1. The largest absolute Gasteiger partial charge is 0.459 e. The van der Waals surface area contributed by atoms with Crippen LogP contribution < -0.4 is 15.4 Å². The van der Waals surface area contributed by atoms with Crippen LogP contribution in [0.25, 0.3) is 0 Å². The summed E-state index contributed by atoms with van der Waals surface area (Å²) in [5.41, 5.74) is 2.26. The van der Waals surface area contributed by atoms with Crippen molar-refractivity contribution in [2.45, 2.75) is 12.3 Å². The van der Waals surface area contributed by atoms with Crippen LogP contribution in [-0.4, -0.2) is 27.3 Å². The lowest BCUT2D eigenvalue weighted by Gasteiger charge is -2.11. The topological polar surface area (TPSA) is 118 Å². The second-order valence-corrected chi connectivity index (χ2v) is 8.35. The van der Waals surface area contributed by atoms with E-state index in [0.29, 0.717) is 22.4 Å². The van der Waals surface area contributed by atoms with Gasteiger partial charge in [-0.2, -0.15) is 0 Å². The van der Waals surface area contributed by atoms with Crippen molar-refractivity contribution in [3.8, 4) is 0 Å². The van der Waals surface area contributed by atoms with E-state index in [-0.39, 0.29) is 29.9 Å². The third-order valence-corrected chi connectivity index (χ3v) is 5.68. The average Bonchev–Trinajstić information content (AvgIpc) is 3.28. The minimum atomic E-state index is -3.42. The number of rotatable bonds is 8. The molecule has 0 spiro atoms. The lowest BCUT2D eigenvalue weighted by Crippen LogP contribution is -2.25. The maximum absolute atomic E-state index is 12.4. The first-order chi connectivity index (χ1) is 14.4. The molecule has 3 rings (SSSR count). The Kier molecular flexibility index (Phi) is 6.65. The van der Waals surface area contributed by atoms with Crippen LogP contribution in [0.15, 0.2) is 71.3 Å². The second-order valence-electron chi connectivity index (χ2n) is 6.42. The van der Waals surface area contributed by atoms with E-state index in [9.17, 15) is 18.0 Å². The summed E-state index contributed by atoms with van der Waals surface area (Å²) in [6.45, 7) is 0.186. The Bertz CT molecular complexity index is 1120. The summed E-state index contributed by atoms with van der Waals surface area (Å²) in [6.07, 6.45) is 1.41. The fourth-order valence-corrected chi connectivity index (χ4v) is 3.57. The standard InChI is InChI=1S/C21H21N3O5S/c1-22-30(27,28)14-17-6-3-2-5-16(17)13-23-20(25)15-8-10-18(11-9-15)24-21(26)19-7-4-12-29-19/h2-12,22H,13-14H2,1H3,(H,23,25)(H,24,26). The Labute approximate surface area is 174 Å². The van der Waals surface area contributed by atoms with Crippen LogP contribution in [0.4, 0.5) is 5.69 Å². The van der Waals surface area contributed by atoms with E-state index in [1.54, 1.807) is 60.7 Å². The van der Waals surface area contributed by atoms with Gasteiger partial charge >= 0.3 is 0 Å². The molecular formula is C21H21N3O5S. The smallest absolute Gasteiger partial charge is 0.291 e. The molecule has 2 amide bonds. The Balaban J connectivity index is 1.61. The number of furan rings is 1. The maximum Gasteiger partial charge on any atom is 0.291 e. The monoisotopic (exact) mass is 427 g/mol.